The van der Waals surface area contributed by atoms with Crippen molar-refractivity contribution in [3.63, 3.8) is 0 Å². The van der Waals surface area contributed by atoms with Crippen molar-refractivity contribution in [2.75, 3.05) is 24.6 Å². The Kier molecular flexibility index (Phi) is 4.36. The summed E-state index contributed by atoms with van der Waals surface area (Å²) in [5, 5.41) is 17.2. The number of nitrogens with zero attached hydrogens (tertiary/aromatic N) is 4. The number of anilines is 1. The number of hydrogen-bond donors (Lipinski definition) is 1. The average molecular weight is 238 g/mol. The molecule has 0 amide bonds. The molecule has 1 aromatic heterocycles. The van der Waals surface area contributed by atoms with Gasteiger partial charge in [-0.2, -0.15) is 0 Å². The molecule has 96 valence electrons. The van der Waals surface area contributed by atoms with E-state index in [0.29, 0.717) is 12.5 Å². The van der Waals surface area contributed by atoms with Gasteiger partial charge in [-0.1, -0.05) is 12.1 Å². The first kappa shape index (κ1) is 12.4. The lowest BCUT2D eigenvalue weighted by atomic mass is 9.95. The number of aliphatic hydroxyl groups excluding tert-OH is 1. The van der Waals surface area contributed by atoms with Gasteiger partial charge in [0.2, 0.25) is 0 Å². The fourth-order valence-corrected chi connectivity index (χ4v) is 2.56. The van der Waals surface area contributed by atoms with Crippen molar-refractivity contribution in [3.8, 4) is 0 Å². The van der Waals surface area contributed by atoms with Crippen LogP contribution in [0.15, 0.2) is 6.20 Å². The number of rotatable bonds is 5. The Bertz CT molecular complexity index is 337. The zero-order valence-electron chi connectivity index (χ0n) is 10.5. The monoisotopic (exact) mass is 238 g/mol. The van der Waals surface area contributed by atoms with E-state index in [9.17, 15) is 0 Å². The fourth-order valence-electron chi connectivity index (χ4n) is 2.56. The van der Waals surface area contributed by atoms with Gasteiger partial charge in [-0.25, -0.2) is 4.68 Å². The van der Waals surface area contributed by atoms with Crippen LogP contribution >= 0.6 is 0 Å². The van der Waals surface area contributed by atoms with Gasteiger partial charge < -0.3 is 10.0 Å². The van der Waals surface area contributed by atoms with Crippen LogP contribution in [-0.2, 0) is 6.54 Å². The van der Waals surface area contributed by atoms with Crippen LogP contribution < -0.4 is 4.90 Å². The van der Waals surface area contributed by atoms with Gasteiger partial charge in [0.25, 0.3) is 0 Å². The third kappa shape index (κ3) is 2.97. The van der Waals surface area contributed by atoms with Crippen molar-refractivity contribution in [2.45, 2.75) is 39.2 Å². The zero-order valence-corrected chi connectivity index (χ0v) is 10.5. The molecule has 1 N–H and O–H groups in total. The normalized spacial score (nSPS) is 20.8. The maximum Gasteiger partial charge on any atom is 0.147 e. The molecular weight excluding hydrogens is 216 g/mol. The van der Waals surface area contributed by atoms with Crippen LogP contribution in [0, 0.1) is 5.92 Å². The minimum absolute atomic E-state index is 0.297. The van der Waals surface area contributed by atoms with E-state index in [1.807, 2.05) is 10.9 Å². The fraction of sp³-hybridized carbons (Fsp3) is 0.833. The van der Waals surface area contributed by atoms with Crippen LogP contribution in [-0.4, -0.2) is 39.8 Å². The number of piperidine rings is 1. The Labute approximate surface area is 102 Å². The number of aliphatic hydroxyl groups is 1. The Balaban J connectivity index is 2.02. The second kappa shape index (κ2) is 6.00. The molecule has 1 saturated heterocycles. The molecule has 17 heavy (non-hydrogen) atoms. The molecule has 0 spiro atoms. The Hall–Kier alpha value is -1.10. The second-order valence-electron chi connectivity index (χ2n) is 4.78. The van der Waals surface area contributed by atoms with Crippen molar-refractivity contribution in [1.82, 2.24) is 15.0 Å². The first-order valence-corrected chi connectivity index (χ1v) is 6.59. The molecule has 1 aliphatic rings. The molecule has 5 heteroatoms. The van der Waals surface area contributed by atoms with Gasteiger partial charge in [0.15, 0.2) is 0 Å². The molecule has 1 atom stereocenters. The molecule has 0 radical (unpaired) electrons. The highest BCUT2D eigenvalue weighted by Crippen LogP contribution is 2.24. The van der Waals surface area contributed by atoms with Crippen molar-refractivity contribution in [2.24, 2.45) is 5.92 Å². The molecule has 2 heterocycles. The van der Waals surface area contributed by atoms with E-state index in [1.54, 1.807) is 0 Å². The minimum Gasteiger partial charge on any atom is -0.396 e. The van der Waals surface area contributed by atoms with Gasteiger partial charge in [-0.15, -0.1) is 5.10 Å². The van der Waals surface area contributed by atoms with E-state index in [1.165, 1.54) is 12.8 Å². The lowest BCUT2D eigenvalue weighted by molar-refractivity contribution is 0.243. The summed E-state index contributed by atoms with van der Waals surface area (Å²) in [6.07, 6.45) is 6.27. The third-order valence-corrected chi connectivity index (χ3v) is 3.41. The van der Waals surface area contributed by atoms with E-state index < -0.39 is 0 Å². The predicted octanol–water partition coefficient (Wildman–Crippen LogP) is 1.29. The van der Waals surface area contributed by atoms with E-state index >= 15 is 0 Å². The summed E-state index contributed by atoms with van der Waals surface area (Å²) in [6.45, 7) is 5.48. The molecule has 1 unspecified atom stereocenters. The second-order valence-corrected chi connectivity index (χ2v) is 4.78. The maximum atomic E-state index is 9.03. The largest absolute Gasteiger partial charge is 0.396 e. The minimum atomic E-state index is 0.297. The lowest BCUT2D eigenvalue weighted by Gasteiger charge is -2.33. The van der Waals surface area contributed by atoms with Crippen LogP contribution in [0.5, 0.6) is 0 Å². The molecule has 0 aromatic carbocycles. The summed E-state index contributed by atoms with van der Waals surface area (Å²) in [5.41, 5.74) is 0. The first-order chi connectivity index (χ1) is 8.35. The van der Waals surface area contributed by atoms with Crippen LogP contribution in [0.2, 0.25) is 0 Å². The summed E-state index contributed by atoms with van der Waals surface area (Å²) < 4.78 is 1.99. The van der Waals surface area contributed by atoms with E-state index in [-0.39, 0.29) is 0 Å². The maximum absolute atomic E-state index is 9.03. The topological polar surface area (TPSA) is 54.2 Å². The van der Waals surface area contributed by atoms with E-state index in [2.05, 4.69) is 22.1 Å². The van der Waals surface area contributed by atoms with Crippen LogP contribution in [0.4, 0.5) is 5.82 Å². The molecule has 2 rings (SSSR count). The predicted molar refractivity (Wildman–Crippen MR) is 67.0 cm³/mol. The smallest absolute Gasteiger partial charge is 0.147 e. The Morgan fingerprint density at radius 1 is 1.53 bits per heavy atom. The van der Waals surface area contributed by atoms with Crippen LogP contribution in [0.3, 0.4) is 0 Å². The highest BCUT2D eigenvalue weighted by atomic mass is 16.3. The van der Waals surface area contributed by atoms with Gasteiger partial charge in [0.1, 0.15) is 5.82 Å². The SMILES string of the molecule is CCCn1nncc1N1CCCC(CCO)C1. The van der Waals surface area contributed by atoms with E-state index in [0.717, 1.165) is 38.3 Å². The van der Waals surface area contributed by atoms with Crippen LogP contribution in [0.25, 0.3) is 0 Å². The first-order valence-electron chi connectivity index (χ1n) is 6.59. The summed E-state index contributed by atoms with van der Waals surface area (Å²) in [4.78, 5) is 2.36. The molecule has 5 nitrogen and oxygen atoms in total. The lowest BCUT2D eigenvalue weighted by Crippen LogP contribution is -2.37. The molecule has 1 aromatic rings. The molecule has 0 saturated carbocycles. The highest BCUT2D eigenvalue weighted by molar-refractivity contribution is 5.36. The molecular formula is C12H22N4O. The van der Waals surface area contributed by atoms with Crippen molar-refractivity contribution >= 4 is 5.82 Å². The standard InChI is InChI=1S/C12H22N4O/c1-2-6-16-12(9-13-14-16)15-7-3-4-11(10-15)5-8-17/h9,11,17H,2-8,10H2,1H3. The number of aryl methyl sites for hydroxylation is 1. The zero-order chi connectivity index (χ0) is 12.1. The van der Waals surface area contributed by atoms with Crippen molar-refractivity contribution in [3.05, 3.63) is 6.20 Å². The Morgan fingerprint density at radius 3 is 3.18 bits per heavy atom. The summed E-state index contributed by atoms with van der Waals surface area (Å²) in [7, 11) is 0. The molecule has 0 aliphatic carbocycles. The van der Waals surface area contributed by atoms with Gasteiger partial charge in [-0.05, 0) is 31.6 Å². The number of aromatic nitrogens is 3. The van der Waals surface area contributed by atoms with Gasteiger partial charge >= 0.3 is 0 Å². The van der Waals surface area contributed by atoms with E-state index in [4.69, 9.17) is 5.11 Å². The quantitative estimate of drug-likeness (QED) is 0.839. The van der Waals surface area contributed by atoms with Gasteiger partial charge in [0.05, 0.1) is 6.20 Å². The van der Waals surface area contributed by atoms with Crippen molar-refractivity contribution < 1.29 is 5.11 Å². The number of hydrogen-bond acceptors (Lipinski definition) is 4. The van der Waals surface area contributed by atoms with Gasteiger partial charge in [0, 0.05) is 26.2 Å². The molecule has 1 fully saturated rings. The highest BCUT2D eigenvalue weighted by Gasteiger charge is 2.22. The van der Waals surface area contributed by atoms with Gasteiger partial charge in [-0.3, -0.25) is 0 Å². The summed E-state index contributed by atoms with van der Waals surface area (Å²) in [5.74, 6) is 1.74. The summed E-state index contributed by atoms with van der Waals surface area (Å²) >= 11 is 0. The Morgan fingerprint density at radius 2 is 2.41 bits per heavy atom. The molecule has 1 aliphatic heterocycles. The molecule has 0 bridgehead atoms. The third-order valence-electron chi connectivity index (χ3n) is 3.41. The summed E-state index contributed by atoms with van der Waals surface area (Å²) in [6, 6.07) is 0. The van der Waals surface area contributed by atoms with Crippen molar-refractivity contribution in [1.29, 1.82) is 0 Å². The average Bonchev–Trinajstić information content (AvgIpc) is 2.79. The van der Waals surface area contributed by atoms with Crippen LogP contribution in [0.1, 0.15) is 32.6 Å².